The van der Waals surface area contributed by atoms with E-state index in [4.69, 9.17) is 12.2 Å². The monoisotopic (exact) mass is 286 g/mol. The first-order valence-electron chi connectivity index (χ1n) is 5.28. The molecule has 0 bridgehead atoms. The number of H-pyrrole nitrogens is 1. The Balaban J connectivity index is 2.74. The van der Waals surface area contributed by atoms with Crippen molar-refractivity contribution in [1.82, 2.24) is 9.55 Å². The van der Waals surface area contributed by atoms with Gasteiger partial charge in [0, 0.05) is 17.2 Å². The summed E-state index contributed by atoms with van der Waals surface area (Å²) in [4.78, 5) is 17.6. The highest BCUT2D eigenvalue weighted by Gasteiger charge is 2.12. The Morgan fingerprint density at radius 2 is 2.18 bits per heavy atom. The molecule has 6 heteroatoms. The highest BCUT2D eigenvalue weighted by Crippen LogP contribution is 2.25. The lowest BCUT2D eigenvalue weighted by atomic mass is 10.2. The minimum atomic E-state index is 0.0413. The Hall–Kier alpha value is -0.590. The van der Waals surface area contributed by atoms with Crippen LogP contribution >= 0.6 is 35.3 Å². The number of fused-ring (bicyclic) bond motifs is 1. The molecule has 0 fully saturated rings. The van der Waals surface area contributed by atoms with E-state index in [1.54, 1.807) is 27.7 Å². The van der Waals surface area contributed by atoms with E-state index in [1.165, 1.54) is 4.88 Å². The molecule has 2 aromatic rings. The molecule has 1 N–H and O–H groups in total. The second kappa shape index (κ2) is 4.96. The molecule has 17 heavy (non-hydrogen) atoms. The number of thioether (sulfide) groups is 1. The molecule has 0 aromatic carbocycles. The van der Waals surface area contributed by atoms with Gasteiger partial charge in [0.1, 0.15) is 4.83 Å². The van der Waals surface area contributed by atoms with E-state index in [0.717, 1.165) is 21.5 Å². The highest BCUT2D eigenvalue weighted by atomic mass is 32.2. The zero-order valence-corrected chi connectivity index (χ0v) is 12.4. The van der Waals surface area contributed by atoms with Crippen molar-refractivity contribution >= 4 is 45.5 Å². The summed E-state index contributed by atoms with van der Waals surface area (Å²) in [5.41, 5.74) is 1.11. The molecule has 0 amide bonds. The number of aromatic amines is 1. The predicted molar refractivity (Wildman–Crippen MR) is 79.1 cm³/mol. The van der Waals surface area contributed by atoms with Crippen LogP contribution in [0, 0.1) is 18.6 Å². The Bertz CT molecular complexity index is 666. The lowest BCUT2D eigenvalue weighted by Crippen LogP contribution is -2.23. The van der Waals surface area contributed by atoms with Crippen molar-refractivity contribution in [2.24, 2.45) is 0 Å². The maximum atomic E-state index is 12.4. The summed E-state index contributed by atoms with van der Waals surface area (Å²) in [6, 6.07) is 0. The molecule has 2 aromatic heterocycles. The van der Waals surface area contributed by atoms with E-state index in [2.05, 4.69) is 4.98 Å². The van der Waals surface area contributed by atoms with Crippen molar-refractivity contribution < 1.29 is 0 Å². The molecule has 0 saturated carbocycles. The summed E-state index contributed by atoms with van der Waals surface area (Å²) in [6.45, 7) is 4.69. The SMILES string of the molecule is CSCCn1c(=S)[nH]c2sc(C)c(C)c2c1=O. The zero-order chi connectivity index (χ0) is 12.6. The molecule has 92 valence electrons. The van der Waals surface area contributed by atoms with Crippen LogP contribution in [-0.4, -0.2) is 21.6 Å². The van der Waals surface area contributed by atoms with E-state index >= 15 is 0 Å². The standard InChI is InChI=1S/C11H14N2OS3/c1-6-7(2)17-9-8(6)10(14)13(4-5-16-3)11(15)12-9/h4-5H2,1-3H3,(H,12,15). The second-order valence-electron chi connectivity index (χ2n) is 3.87. The number of hydrogen-bond acceptors (Lipinski definition) is 4. The average molecular weight is 286 g/mol. The van der Waals surface area contributed by atoms with Crippen LogP contribution in [0.2, 0.25) is 0 Å². The number of nitrogens with zero attached hydrogens (tertiary/aromatic N) is 1. The van der Waals surface area contributed by atoms with E-state index in [0.29, 0.717) is 11.3 Å². The fraction of sp³-hybridized carbons (Fsp3) is 0.455. The molecule has 0 aliphatic rings. The Kier molecular flexibility index (Phi) is 3.75. The third kappa shape index (κ3) is 2.21. The molecular formula is C11H14N2OS3. The summed E-state index contributed by atoms with van der Waals surface area (Å²) >= 11 is 8.55. The van der Waals surface area contributed by atoms with Crippen molar-refractivity contribution in [1.29, 1.82) is 0 Å². The number of nitrogens with one attached hydrogen (secondary N) is 1. The Morgan fingerprint density at radius 3 is 2.82 bits per heavy atom. The molecule has 0 saturated heterocycles. The topological polar surface area (TPSA) is 37.8 Å². The summed E-state index contributed by atoms with van der Waals surface area (Å²) < 4.78 is 2.19. The van der Waals surface area contributed by atoms with Crippen molar-refractivity contribution in [3.63, 3.8) is 0 Å². The van der Waals surface area contributed by atoms with Crippen LogP contribution in [0.25, 0.3) is 10.2 Å². The zero-order valence-electron chi connectivity index (χ0n) is 9.99. The molecular weight excluding hydrogens is 272 g/mol. The number of aromatic nitrogens is 2. The second-order valence-corrected chi connectivity index (χ2v) is 6.46. The summed E-state index contributed by atoms with van der Waals surface area (Å²) in [7, 11) is 0. The van der Waals surface area contributed by atoms with Gasteiger partial charge in [-0.25, -0.2) is 0 Å². The van der Waals surface area contributed by atoms with Gasteiger partial charge in [0.2, 0.25) is 0 Å². The van der Waals surface area contributed by atoms with E-state index in [-0.39, 0.29) is 5.56 Å². The van der Waals surface area contributed by atoms with Gasteiger partial charge in [-0.3, -0.25) is 9.36 Å². The largest absolute Gasteiger partial charge is 0.323 e. The van der Waals surface area contributed by atoms with Crippen molar-refractivity contribution in [2.75, 3.05) is 12.0 Å². The van der Waals surface area contributed by atoms with Crippen molar-refractivity contribution in [3.8, 4) is 0 Å². The van der Waals surface area contributed by atoms with Gasteiger partial charge in [0.05, 0.1) is 5.39 Å². The summed E-state index contributed by atoms with van der Waals surface area (Å²) in [5, 5.41) is 0.794. The lowest BCUT2D eigenvalue weighted by molar-refractivity contribution is 0.713. The number of thiophene rings is 1. The maximum Gasteiger partial charge on any atom is 0.263 e. The van der Waals surface area contributed by atoms with Crippen LogP contribution < -0.4 is 5.56 Å². The minimum absolute atomic E-state index is 0.0413. The van der Waals surface area contributed by atoms with E-state index < -0.39 is 0 Å². The first-order valence-corrected chi connectivity index (χ1v) is 7.90. The van der Waals surface area contributed by atoms with Crippen LogP contribution in [0.5, 0.6) is 0 Å². The maximum absolute atomic E-state index is 12.4. The third-order valence-electron chi connectivity index (χ3n) is 2.83. The Labute approximate surface area is 113 Å². The highest BCUT2D eigenvalue weighted by molar-refractivity contribution is 7.98. The fourth-order valence-corrected chi connectivity index (χ4v) is 3.51. The van der Waals surface area contributed by atoms with Gasteiger partial charge in [0.25, 0.3) is 5.56 Å². The number of aryl methyl sites for hydroxylation is 2. The van der Waals surface area contributed by atoms with Crippen LogP contribution in [0.15, 0.2) is 4.79 Å². The average Bonchev–Trinajstić information content (AvgIpc) is 2.54. The van der Waals surface area contributed by atoms with Crippen molar-refractivity contribution in [3.05, 3.63) is 25.6 Å². The minimum Gasteiger partial charge on any atom is -0.323 e. The lowest BCUT2D eigenvalue weighted by Gasteiger charge is -2.05. The van der Waals surface area contributed by atoms with Crippen molar-refractivity contribution in [2.45, 2.75) is 20.4 Å². The Morgan fingerprint density at radius 1 is 1.47 bits per heavy atom. The van der Waals surface area contributed by atoms with Crippen LogP contribution in [0.3, 0.4) is 0 Å². The fourth-order valence-electron chi connectivity index (χ4n) is 1.75. The van der Waals surface area contributed by atoms with E-state index in [1.807, 2.05) is 20.1 Å². The van der Waals surface area contributed by atoms with Gasteiger partial charge in [-0.1, -0.05) is 0 Å². The number of hydrogen-bond donors (Lipinski definition) is 1. The van der Waals surface area contributed by atoms with Gasteiger partial charge in [-0.05, 0) is 37.9 Å². The molecule has 0 unspecified atom stereocenters. The van der Waals surface area contributed by atoms with Gasteiger partial charge < -0.3 is 4.98 Å². The molecule has 0 atom stereocenters. The van der Waals surface area contributed by atoms with Crippen LogP contribution in [-0.2, 0) is 6.54 Å². The normalized spacial score (nSPS) is 11.2. The smallest absolute Gasteiger partial charge is 0.263 e. The van der Waals surface area contributed by atoms with Gasteiger partial charge in [-0.2, -0.15) is 11.8 Å². The number of rotatable bonds is 3. The van der Waals surface area contributed by atoms with E-state index in [9.17, 15) is 4.79 Å². The van der Waals surface area contributed by atoms with Crippen LogP contribution in [0.4, 0.5) is 0 Å². The molecule has 2 heterocycles. The first kappa shape index (κ1) is 12.9. The first-order chi connectivity index (χ1) is 8.06. The van der Waals surface area contributed by atoms with Gasteiger partial charge in [0.15, 0.2) is 4.77 Å². The van der Waals surface area contributed by atoms with Crippen LogP contribution in [0.1, 0.15) is 10.4 Å². The molecule has 0 aliphatic heterocycles. The molecule has 0 spiro atoms. The molecule has 3 nitrogen and oxygen atoms in total. The predicted octanol–water partition coefficient (Wildman–Crippen LogP) is 3.10. The van der Waals surface area contributed by atoms with Gasteiger partial charge in [-0.15, -0.1) is 11.3 Å². The quantitative estimate of drug-likeness (QED) is 0.881. The summed E-state index contributed by atoms with van der Waals surface area (Å²) in [6.07, 6.45) is 2.02. The summed E-state index contributed by atoms with van der Waals surface area (Å²) in [5.74, 6) is 0.894. The van der Waals surface area contributed by atoms with Gasteiger partial charge >= 0.3 is 0 Å². The molecule has 0 aliphatic carbocycles. The third-order valence-corrected chi connectivity index (χ3v) is 4.86. The molecule has 2 rings (SSSR count). The molecule has 0 radical (unpaired) electrons.